The van der Waals surface area contributed by atoms with Crippen molar-refractivity contribution in [1.82, 2.24) is 5.32 Å². The topological polar surface area (TPSA) is 128 Å². The zero-order chi connectivity index (χ0) is 23.2. The Morgan fingerprint density at radius 1 is 1.16 bits per heavy atom. The number of nitrogens with one attached hydrogen (secondary N) is 1. The number of ether oxygens (including phenoxy) is 2. The summed E-state index contributed by atoms with van der Waals surface area (Å²) >= 11 is 0. The van der Waals surface area contributed by atoms with Gasteiger partial charge in [0.15, 0.2) is 0 Å². The highest BCUT2D eigenvalue weighted by atomic mass is 32.2. The molecule has 2 rings (SSSR count). The summed E-state index contributed by atoms with van der Waals surface area (Å²) in [7, 11) is -2.63. The number of nitro benzene ring substituents is 1. The summed E-state index contributed by atoms with van der Waals surface area (Å²) in [6.45, 7) is 3.62. The van der Waals surface area contributed by atoms with Crippen LogP contribution >= 0.6 is 0 Å². The summed E-state index contributed by atoms with van der Waals surface area (Å²) in [6.07, 6.45) is 0.905. The van der Waals surface area contributed by atoms with Crippen LogP contribution in [-0.2, 0) is 14.8 Å². The fourth-order valence-corrected chi connectivity index (χ4v) is 3.62. The smallest absolute Gasteiger partial charge is 0.271 e. The summed E-state index contributed by atoms with van der Waals surface area (Å²) in [5.74, 6) is 0.193. The number of amides is 1. The molecule has 168 valence electrons. The molecule has 0 aromatic heterocycles. The van der Waals surface area contributed by atoms with Gasteiger partial charge in [0.25, 0.3) is 5.69 Å². The molecule has 0 heterocycles. The first-order valence-corrected chi connectivity index (χ1v) is 11.1. The first-order chi connectivity index (χ1) is 14.5. The van der Waals surface area contributed by atoms with Gasteiger partial charge in [0, 0.05) is 12.1 Å². The Morgan fingerprint density at radius 2 is 1.87 bits per heavy atom. The molecular weight excluding hydrogens is 426 g/mol. The maximum absolute atomic E-state index is 12.4. The van der Waals surface area contributed by atoms with Crippen molar-refractivity contribution in [1.29, 1.82) is 0 Å². The van der Waals surface area contributed by atoms with E-state index in [1.54, 1.807) is 0 Å². The molecule has 0 aliphatic rings. The molecule has 0 saturated carbocycles. The zero-order valence-corrected chi connectivity index (χ0v) is 18.6. The van der Waals surface area contributed by atoms with Crippen LogP contribution in [0.5, 0.6) is 11.5 Å². The minimum atomic E-state index is -3.93. The van der Waals surface area contributed by atoms with Gasteiger partial charge in [0.1, 0.15) is 30.3 Å². The van der Waals surface area contributed by atoms with E-state index in [9.17, 15) is 23.3 Å². The van der Waals surface area contributed by atoms with Crippen LogP contribution in [0.2, 0.25) is 0 Å². The van der Waals surface area contributed by atoms with Crippen LogP contribution in [0.3, 0.4) is 0 Å². The minimum absolute atomic E-state index is 0.0853. The molecule has 2 aromatic rings. The SMILES string of the molecule is COc1ccc([N+](=O)[O-])cc1N(CC(=O)NCCOc1cc(C)ccc1C)S(C)(=O)=O. The maximum Gasteiger partial charge on any atom is 0.271 e. The van der Waals surface area contributed by atoms with Crippen LogP contribution in [0.1, 0.15) is 11.1 Å². The van der Waals surface area contributed by atoms with Crippen molar-refractivity contribution < 1.29 is 27.6 Å². The van der Waals surface area contributed by atoms with Gasteiger partial charge in [0.2, 0.25) is 15.9 Å². The molecule has 0 fully saturated rings. The van der Waals surface area contributed by atoms with Crippen molar-refractivity contribution in [3.05, 3.63) is 57.6 Å². The van der Waals surface area contributed by atoms with Crippen molar-refractivity contribution in [2.24, 2.45) is 0 Å². The lowest BCUT2D eigenvalue weighted by atomic mass is 10.1. The Labute approximate surface area is 181 Å². The molecule has 10 nitrogen and oxygen atoms in total. The summed E-state index contributed by atoms with van der Waals surface area (Å²) in [4.78, 5) is 22.8. The second-order valence-electron chi connectivity index (χ2n) is 6.85. The average Bonchev–Trinajstić information content (AvgIpc) is 2.70. The van der Waals surface area contributed by atoms with E-state index in [1.807, 2.05) is 32.0 Å². The molecule has 0 bridgehead atoms. The van der Waals surface area contributed by atoms with Crippen molar-refractivity contribution in [2.45, 2.75) is 13.8 Å². The number of aryl methyl sites for hydroxylation is 2. The third-order valence-electron chi connectivity index (χ3n) is 4.35. The molecule has 0 aliphatic carbocycles. The zero-order valence-electron chi connectivity index (χ0n) is 17.7. The molecular formula is C20H25N3O7S. The Bertz CT molecular complexity index is 1070. The van der Waals surface area contributed by atoms with Crippen molar-refractivity contribution >= 4 is 27.3 Å². The van der Waals surface area contributed by atoms with Crippen LogP contribution in [0, 0.1) is 24.0 Å². The second-order valence-corrected chi connectivity index (χ2v) is 8.76. The predicted molar refractivity (Wildman–Crippen MR) is 116 cm³/mol. The number of anilines is 1. The van der Waals surface area contributed by atoms with Crippen LogP contribution < -0.4 is 19.1 Å². The fraction of sp³-hybridized carbons (Fsp3) is 0.350. The summed E-state index contributed by atoms with van der Waals surface area (Å²) in [5.41, 5.74) is 1.57. The van der Waals surface area contributed by atoms with Crippen LogP contribution in [0.15, 0.2) is 36.4 Å². The van der Waals surface area contributed by atoms with E-state index in [-0.39, 0.29) is 30.3 Å². The van der Waals surface area contributed by atoms with Gasteiger partial charge in [-0.25, -0.2) is 8.42 Å². The summed E-state index contributed by atoms with van der Waals surface area (Å²) in [5, 5.41) is 13.7. The van der Waals surface area contributed by atoms with Gasteiger partial charge >= 0.3 is 0 Å². The molecule has 2 aromatic carbocycles. The maximum atomic E-state index is 12.4. The fourth-order valence-electron chi connectivity index (χ4n) is 2.77. The molecule has 1 N–H and O–H groups in total. The highest BCUT2D eigenvalue weighted by Gasteiger charge is 2.26. The van der Waals surface area contributed by atoms with Gasteiger partial charge in [-0.15, -0.1) is 0 Å². The van der Waals surface area contributed by atoms with Gasteiger partial charge in [-0.05, 0) is 37.1 Å². The van der Waals surface area contributed by atoms with Crippen molar-refractivity contribution in [3.8, 4) is 11.5 Å². The first-order valence-electron chi connectivity index (χ1n) is 9.30. The molecule has 0 atom stereocenters. The number of non-ortho nitro benzene ring substituents is 1. The van der Waals surface area contributed by atoms with E-state index in [0.29, 0.717) is 5.75 Å². The molecule has 0 unspecified atom stereocenters. The number of hydrogen-bond donors (Lipinski definition) is 1. The van der Waals surface area contributed by atoms with E-state index < -0.39 is 27.4 Å². The number of methoxy groups -OCH3 is 1. The highest BCUT2D eigenvalue weighted by molar-refractivity contribution is 7.92. The number of carbonyl (C=O) groups excluding carboxylic acids is 1. The predicted octanol–water partition coefficient (Wildman–Crippen LogP) is 2.18. The standard InChI is InChI=1S/C20H25N3O7S/c1-14-5-6-15(2)19(11-14)30-10-9-21-20(24)13-22(31(4,27)28)17-12-16(23(25)26)7-8-18(17)29-3/h5-8,11-12H,9-10,13H2,1-4H3,(H,21,24). The molecule has 0 spiro atoms. The molecule has 1 amide bonds. The van der Waals surface area contributed by atoms with Crippen LogP contribution in [0.4, 0.5) is 11.4 Å². The Balaban J connectivity index is 2.08. The third kappa shape index (κ3) is 6.57. The van der Waals surface area contributed by atoms with E-state index in [2.05, 4.69) is 5.32 Å². The van der Waals surface area contributed by atoms with Crippen molar-refractivity contribution in [2.75, 3.05) is 37.4 Å². The van der Waals surface area contributed by atoms with Crippen LogP contribution in [0.25, 0.3) is 0 Å². The lowest BCUT2D eigenvalue weighted by Gasteiger charge is -2.23. The number of nitro groups is 1. The second kappa shape index (κ2) is 10.1. The van der Waals surface area contributed by atoms with Gasteiger partial charge in [-0.1, -0.05) is 12.1 Å². The number of nitrogens with zero attached hydrogens (tertiary/aromatic N) is 2. The number of hydrogen-bond acceptors (Lipinski definition) is 7. The molecule has 0 radical (unpaired) electrons. The largest absolute Gasteiger partial charge is 0.495 e. The minimum Gasteiger partial charge on any atom is -0.495 e. The Kier molecular flexibility index (Phi) is 7.81. The van der Waals surface area contributed by atoms with Crippen molar-refractivity contribution in [3.63, 3.8) is 0 Å². The van der Waals surface area contributed by atoms with E-state index in [0.717, 1.165) is 27.8 Å². The molecule has 31 heavy (non-hydrogen) atoms. The highest BCUT2D eigenvalue weighted by Crippen LogP contribution is 2.33. The monoisotopic (exact) mass is 451 g/mol. The number of carbonyl (C=O) groups is 1. The summed E-state index contributed by atoms with van der Waals surface area (Å²) in [6, 6.07) is 9.30. The first kappa shape index (κ1) is 23.9. The van der Waals surface area contributed by atoms with Gasteiger partial charge < -0.3 is 14.8 Å². The Hall–Kier alpha value is -3.34. The number of sulfonamides is 1. The van der Waals surface area contributed by atoms with E-state index >= 15 is 0 Å². The third-order valence-corrected chi connectivity index (χ3v) is 5.48. The summed E-state index contributed by atoms with van der Waals surface area (Å²) < 4.78 is 36.1. The van der Waals surface area contributed by atoms with Gasteiger partial charge in [0.05, 0.1) is 24.8 Å². The normalized spacial score (nSPS) is 11.0. The van der Waals surface area contributed by atoms with E-state index in [4.69, 9.17) is 9.47 Å². The molecule has 0 aliphatic heterocycles. The number of benzene rings is 2. The number of rotatable bonds is 10. The van der Waals surface area contributed by atoms with Gasteiger partial charge in [-0.3, -0.25) is 19.2 Å². The molecule has 0 saturated heterocycles. The Morgan fingerprint density at radius 3 is 2.48 bits per heavy atom. The molecule has 11 heteroatoms. The lowest BCUT2D eigenvalue weighted by Crippen LogP contribution is -2.41. The van der Waals surface area contributed by atoms with Crippen LogP contribution in [-0.4, -0.2) is 52.3 Å². The van der Waals surface area contributed by atoms with Gasteiger partial charge in [-0.2, -0.15) is 0 Å². The van der Waals surface area contributed by atoms with E-state index in [1.165, 1.54) is 19.2 Å². The average molecular weight is 452 g/mol. The quantitative estimate of drug-likeness (QED) is 0.333. The lowest BCUT2D eigenvalue weighted by molar-refractivity contribution is -0.384.